The molecule has 0 spiro atoms. The number of hydrogen-bond acceptors (Lipinski definition) is 3. The predicted octanol–water partition coefficient (Wildman–Crippen LogP) is 2.57. The van der Waals surface area contributed by atoms with Crippen LogP contribution < -0.4 is 15.4 Å². The van der Waals surface area contributed by atoms with E-state index in [1.807, 2.05) is 31.2 Å². The first-order valence-corrected chi connectivity index (χ1v) is 7.92. The van der Waals surface area contributed by atoms with Crippen molar-refractivity contribution in [2.24, 2.45) is 0 Å². The largest absolute Gasteiger partial charge is 0.484 e. The molecule has 5 nitrogen and oxygen atoms in total. The third-order valence-electron chi connectivity index (χ3n) is 3.21. The Hall–Kier alpha value is -2.53. The van der Waals surface area contributed by atoms with Gasteiger partial charge in [-0.25, -0.2) is 0 Å². The standard InChI is InChI=1S/C18H19ClN2O3/c1-13-5-7-16(8-6-13)24-12-17(22)20-9-10-21-18(23)14-3-2-4-15(19)11-14/h2-8,11H,9-10,12H2,1H3,(H,20,22)(H,21,23). The molecule has 0 radical (unpaired) electrons. The van der Waals surface area contributed by atoms with E-state index in [9.17, 15) is 9.59 Å². The number of carbonyl (C=O) groups excluding carboxylic acids is 2. The van der Waals surface area contributed by atoms with Gasteiger partial charge in [-0.1, -0.05) is 35.4 Å². The van der Waals surface area contributed by atoms with E-state index in [0.29, 0.717) is 29.4 Å². The van der Waals surface area contributed by atoms with Crippen LogP contribution in [0.1, 0.15) is 15.9 Å². The normalized spacial score (nSPS) is 10.1. The van der Waals surface area contributed by atoms with Gasteiger partial charge in [-0.15, -0.1) is 0 Å². The van der Waals surface area contributed by atoms with E-state index in [4.69, 9.17) is 16.3 Å². The SMILES string of the molecule is Cc1ccc(OCC(=O)NCCNC(=O)c2cccc(Cl)c2)cc1. The molecular formula is C18H19ClN2O3. The molecule has 2 amide bonds. The third-order valence-corrected chi connectivity index (χ3v) is 3.45. The summed E-state index contributed by atoms with van der Waals surface area (Å²) in [6, 6.07) is 14.1. The summed E-state index contributed by atoms with van der Waals surface area (Å²) in [5, 5.41) is 5.89. The number of hydrogen-bond donors (Lipinski definition) is 2. The molecule has 2 rings (SSSR count). The monoisotopic (exact) mass is 346 g/mol. The quantitative estimate of drug-likeness (QED) is 0.757. The lowest BCUT2D eigenvalue weighted by molar-refractivity contribution is -0.123. The summed E-state index contributed by atoms with van der Waals surface area (Å²) in [5.41, 5.74) is 1.61. The molecule has 2 aromatic carbocycles. The number of amides is 2. The Bertz CT molecular complexity index is 702. The molecule has 0 aliphatic rings. The average Bonchev–Trinajstić information content (AvgIpc) is 2.58. The van der Waals surface area contributed by atoms with Crippen LogP contribution in [0.2, 0.25) is 5.02 Å². The fourth-order valence-electron chi connectivity index (χ4n) is 1.94. The van der Waals surface area contributed by atoms with Gasteiger partial charge >= 0.3 is 0 Å². The maximum atomic E-state index is 11.9. The lowest BCUT2D eigenvalue weighted by Crippen LogP contribution is -2.36. The molecule has 0 saturated carbocycles. The van der Waals surface area contributed by atoms with Crippen molar-refractivity contribution in [3.63, 3.8) is 0 Å². The summed E-state index contributed by atoms with van der Waals surface area (Å²) in [4.78, 5) is 23.5. The van der Waals surface area contributed by atoms with Gasteiger partial charge in [0.15, 0.2) is 6.61 Å². The lowest BCUT2D eigenvalue weighted by Gasteiger charge is -2.09. The summed E-state index contributed by atoms with van der Waals surface area (Å²) in [5.74, 6) is 0.167. The molecule has 0 bridgehead atoms. The van der Waals surface area contributed by atoms with Crippen molar-refractivity contribution in [3.8, 4) is 5.75 Å². The van der Waals surface area contributed by atoms with E-state index in [-0.39, 0.29) is 18.4 Å². The zero-order valence-electron chi connectivity index (χ0n) is 13.3. The van der Waals surface area contributed by atoms with Crippen molar-refractivity contribution in [1.82, 2.24) is 10.6 Å². The van der Waals surface area contributed by atoms with E-state index in [2.05, 4.69) is 10.6 Å². The van der Waals surface area contributed by atoms with Gasteiger partial charge in [-0.2, -0.15) is 0 Å². The second kappa shape index (κ2) is 8.93. The van der Waals surface area contributed by atoms with Crippen LogP contribution in [-0.2, 0) is 4.79 Å². The number of nitrogens with one attached hydrogen (secondary N) is 2. The number of benzene rings is 2. The van der Waals surface area contributed by atoms with Gasteiger partial charge in [0.25, 0.3) is 11.8 Å². The molecule has 0 aliphatic carbocycles. The maximum absolute atomic E-state index is 11.9. The summed E-state index contributed by atoms with van der Waals surface area (Å²) in [6.07, 6.45) is 0. The minimum absolute atomic E-state index is 0.0642. The van der Waals surface area contributed by atoms with Gasteiger partial charge in [0.1, 0.15) is 5.75 Å². The zero-order chi connectivity index (χ0) is 17.4. The number of aryl methyl sites for hydroxylation is 1. The number of rotatable bonds is 7. The van der Waals surface area contributed by atoms with Crippen molar-refractivity contribution in [1.29, 1.82) is 0 Å². The number of halogens is 1. The molecule has 0 heterocycles. The first kappa shape index (κ1) is 17.8. The highest BCUT2D eigenvalue weighted by molar-refractivity contribution is 6.30. The lowest BCUT2D eigenvalue weighted by atomic mass is 10.2. The van der Waals surface area contributed by atoms with Crippen LogP contribution in [0, 0.1) is 6.92 Å². The highest BCUT2D eigenvalue weighted by Crippen LogP contribution is 2.11. The van der Waals surface area contributed by atoms with E-state index < -0.39 is 0 Å². The maximum Gasteiger partial charge on any atom is 0.258 e. The van der Waals surface area contributed by atoms with Crippen LogP contribution in [-0.4, -0.2) is 31.5 Å². The van der Waals surface area contributed by atoms with Gasteiger partial charge in [-0.05, 0) is 37.3 Å². The van der Waals surface area contributed by atoms with Crippen LogP contribution in [0.4, 0.5) is 0 Å². The third kappa shape index (κ3) is 5.93. The molecule has 6 heteroatoms. The minimum Gasteiger partial charge on any atom is -0.484 e. The predicted molar refractivity (Wildman–Crippen MR) is 93.5 cm³/mol. The molecule has 24 heavy (non-hydrogen) atoms. The first-order chi connectivity index (χ1) is 11.5. The minimum atomic E-state index is -0.243. The Morgan fingerprint density at radius 2 is 1.75 bits per heavy atom. The fourth-order valence-corrected chi connectivity index (χ4v) is 2.13. The molecular weight excluding hydrogens is 328 g/mol. The van der Waals surface area contributed by atoms with Crippen LogP contribution in [0.5, 0.6) is 5.75 Å². The van der Waals surface area contributed by atoms with Crippen LogP contribution in [0.25, 0.3) is 0 Å². The van der Waals surface area contributed by atoms with Crippen molar-refractivity contribution in [2.45, 2.75) is 6.92 Å². The zero-order valence-corrected chi connectivity index (χ0v) is 14.1. The summed E-state index contributed by atoms with van der Waals surface area (Å²) >= 11 is 5.83. The Kier molecular flexibility index (Phi) is 6.63. The molecule has 126 valence electrons. The fraction of sp³-hybridized carbons (Fsp3) is 0.222. The van der Waals surface area contributed by atoms with Gasteiger partial charge in [0.05, 0.1) is 0 Å². The van der Waals surface area contributed by atoms with Gasteiger partial charge in [0, 0.05) is 23.7 Å². The van der Waals surface area contributed by atoms with Crippen molar-refractivity contribution < 1.29 is 14.3 Å². The van der Waals surface area contributed by atoms with Gasteiger partial charge < -0.3 is 15.4 Å². The summed E-state index contributed by atoms with van der Waals surface area (Å²) < 4.78 is 5.37. The second-order valence-electron chi connectivity index (χ2n) is 5.22. The summed E-state index contributed by atoms with van der Waals surface area (Å²) in [6.45, 7) is 2.56. The number of carbonyl (C=O) groups is 2. The van der Waals surface area contributed by atoms with Crippen LogP contribution in [0.15, 0.2) is 48.5 Å². The smallest absolute Gasteiger partial charge is 0.258 e. The Morgan fingerprint density at radius 3 is 2.46 bits per heavy atom. The molecule has 0 saturated heterocycles. The van der Waals surface area contributed by atoms with Crippen molar-refractivity contribution in [3.05, 3.63) is 64.7 Å². The van der Waals surface area contributed by atoms with E-state index in [0.717, 1.165) is 5.56 Å². The molecule has 0 fully saturated rings. The Morgan fingerprint density at radius 1 is 1.04 bits per heavy atom. The van der Waals surface area contributed by atoms with E-state index >= 15 is 0 Å². The molecule has 2 N–H and O–H groups in total. The van der Waals surface area contributed by atoms with Gasteiger partial charge in [0.2, 0.25) is 0 Å². The second-order valence-corrected chi connectivity index (χ2v) is 5.65. The van der Waals surface area contributed by atoms with E-state index in [1.54, 1.807) is 24.3 Å². The molecule has 2 aromatic rings. The van der Waals surface area contributed by atoms with E-state index in [1.165, 1.54) is 0 Å². The first-order valence-electron chi connectivity index (χ1n) is 7.54. The van der Waals surface area contributed by atoms with Gasteiger partial charge in [-0.3, -0.25) is 9.59 Å². The van der Waals surface area contributed by atoms with Crippen LogP contribution >= 0.6 is 11.6 Å². The Labute approximate surface area is 146 Å². The molecule has 0 aromatic heterocycles. The summed E-state index contributed by atoms with van der Waals surface area (Å²) in [7, 11) is 0. The highest BCUT2D eigenvalue weighted by atomic mass is 35.5. The average molecular weight is 347 g/mol. The number of ether oxygens (including phenoxy) is 1. The van der Waals surface area contributed by atoms with Crippen molar-refractivity contribution in [2.75, 3.05) is 19.7 Å². The molecule has 0 aliphatic heterocycles. The van der Waals surface area contributed by atoms with Crippen LogP contribution in [0.3, 0.4) is 0 Å². The molecule has 0 unspecified atom stereocenters. The highest BCUT2D eigenvalue weighted by Gasteiger charge is 2.06. The topological polar surface area (TPSA) is 67.4 Å². The van der Waals surface area contributed by atoms with Crippen molar-refractivity contribution >= 4 is 23.4 Å². The Balaban J connectivity index is 1.64. The molecule has 0 atom stereocenters.